The molecule has 0 spiro atoms. The van der Waals surface area contributed by atoms with Gasteiger partial charge in [0, 0.05) is 48.3 Å². The number of hydrogen-bond acceptors (Lipinski definition) is 3. The van der Waals surface area contributed by atoms with Crippen LogP contribution >= 0.6 is 11.3 Å². The van der Waals surface area contributed by atoms with Crippen molar-refractivity contribution in [3.05, 3.63) is 157 Å². The third-order valence-electron chi connectivity index (χ3n) is 9.78. The van der Waals surface area contributed by atoms with E-state index in [4.69, 9.17) is 0 Å². The van der Waals surface area contributed by atoms with Gasteiger partial charge >= 0.3 is 0 Å². The molecule has 3 aromatic heterocycles. The van der Waals surface area contributed by atoms with Crippen molar-refractivity contribution in [2.45, 2.75) is 0 Å². The summed E-state index contributed by atoms with van der Waals surface area (Å²) in [6.45, 7) is 0. The molecule has 0 atom stereocenters. The average molecular weight is 641 g/mol. The van der Waals surface area contributed by atoms with Crippen molar-refractivity contribution < 1.29 is 0 Å². The first-order chi connectivity index (χ1) is 24.2. The molecule has 0 aliphatic heterocycles. The largest absolute Gasteiger partial charge is 0.309 e. The number of nitrogens with zero attached hydrogens (tertiary/aromatic N) is 4. The maximum Gasteiger partial charge on any atom is 0.0998 e. The molecule has 226 valence electrons. The fourth-order valence-corrected chi connectivity index (χ4v) is 8.93. The molecule has 0 fully saturated rings. The Balaban J connectivity index is 1.27. The number of aromatic nitrogens is 2. The number of fused-ring (bicyclic) bond motifs is 10. The quantitative estimate of drug-likeness (QED) is 0.193. The van der Waals surface area contributed by atoms with E-state index in [2.05, 4.69) is 124 Å². The number of hydrogen-bond donors (Lipinski definition) is 0. The van der Waals surface area contributed by atoms with Gasteiger partial charge < -0.3 is 9.13 Å². The molecule has 49 heavy (non-hydrogen) atoms. The van der Waals surface area contributed by atoms with Gasteiger partial charge in [0.1, 0.15) is 0 Å². The van der Waals surface area contributed by atoms with Crippen molar-refractivity contribution in [3.8, 4) is 34.6 Å². The Morgan fingerprint density at radius 2 is 1.20 bits per heavy atom. The lowest BCUT2D eigenvalue weighted by atomic mass is 9.96. The molecule has 7 aromatic carbocycles. The Morgan fingerprint density at radius 3 is 2.00 bits per heavy atom. The molecule has 4 nitrogen and oxygen atoms in total. The minimum Gasteiger partial charge on any atom is -0.309 e. The minimum absolute atomic E-state index is 0.613. The normalized spacial score (nSPS) is 11.6. The van der Waals surface area contributed by atoms with Crippen molar-refractivity contribution in [2.75, 3.05) is 0 Å². The van der Waals surface area contributed by atoms with E-state index in [0.29, 0.717) is 11.1 Å². The molecule has 10 aromatic rings. The topological polar surface area (TPSA) is 57.4 Å². The first-order valence-electron chi connectivity index (χ1n) is 16.1. The number of benzene rings is 7. The zero-order valence-electron chi connectivity index (χ0n) is 26.1. The van der Waals surface area contributed by atoms with Gasteiger partial charge in [-0.15, -0.1) is 11.3 Å². The van der Waals surface area contributed by atoms with Gasteiger partial charge in [0.05, 0.1) is 55.7 Å². The van der Waals surface area contributed by atoms with Crippen LogP contribution < -0.4 is 0 Å². The summed E-state index contributed by atoms with van der Waals surface area (Å²) >= 11 is 1.82. The molecule has 0 radical (unpaired) electrons. The number of rotatable bonds is 3. The summed E-state index contributed by atoms with van der Waals surface area (Å²) in [5.74, 6) is 0. The van der Waals surface area contributed by atoms with Crippen LogP contribution in [0.1, 0.15) is 11.1 Å². The monoisotopic (exact) mass is 640 g/mol. The van der Waals surface area contributed by atoms with Gasteiger partial charge in [-0.2, -0.15) is 10.5 Å². The maximum atomic E-state index is 10.5. The molecular formula is C44H24N4S. The minimum atomic E-state index is 0.613. The van der Waals surface area contributed by atoms with Gasteiger partial charge in [0.2, 0.25) is 0 Å². The van der Waals surface area contributed by atoms with Crippen LogP contribution in [0.3, 0.4) is 0 Å². The van der Waals surface area contributed by atoms with E-state index in [1.165, 1.54) is 42.0 Å². The first-order valence-corrected chi connectivity index (χ1v) is 17.0. The second kappa shape index (κ2) is 10.4. The molecule has 0 amide bonds. The molecule has 0 N–H and O–H groups in total. The number of para-hydroxylation sites is 3. The van der Waals surface area contributed by atoms with Crippen LogP contribution in [-0.2, 0) is 0 Å². The first kappa shape index (κ1) is 27.5. The summed E-state index contributed by atoms with van der Waals surface area (Å²) in [5.41, 5.74) is 9.61. The van der Waals surface area contributed by atoms with Crippen LogP contribution in [0.4, 0.5) is 0 Å². The predicted molar refractivity (Wildman–Crippen MR) is 203 cm³/mol. The summed E-state index contributed by atoms with van der Waals surface area (Å²) in [6.07, 6.45) is 0. The molecule has 3 heterocycles. The summed E-state index contributed by atoms with van der Waals surface area (Å²) in [7, 11) is 0. The van der Waals surface area contributed by atoms with E-state index in [0.717, 1.165) is 44.3 Å². The van der Waals surface area contributed by atoms with Crippen LogP contribution in [0.5, 0.6) is 0 Å². The molecule has 10 rings (SSSR count). The fourth-order valence-electron chi connectivity index (χ4n) is 7.71. The van der Waals surface area contributed by atoms with Gasteiger partial charge in [0.15, 0.2) is 0 Å². The van der Waals surface area contributed by atoms with E-state index in [-0.39, 0.29) is 0 Å². The third-order valence-corrected chi connectivity index (χ3v) is 11.0. The lowest BCUT2D eigenvalue weighted by Crippen LogP contribution is -1.99. The molecule has 0 saturated carbocycles. The van der Waals surface area contributed by atoms with Gasteiger partial charge in [-0.1, -0.05) is 78.9 Å². The van der Waals surface area contributed by atoms with Crippen LogP contribution in [0.2, 0.25) is 0 Å². The Labute approximate surface area is 285 Å². The van der Waals surface area contributed by atoms with Crippen molar-refractivity contribution in [1.82, 2.24) is 9.13 Å². The smallest absolute Gasteiger partial charge is 0.0998 e. The van der Waals surface area contributed by atoms with E-state index >= 15 is 0 Å². The molecule has 0 aliphatic rings. The van der Waals surface area contributed by atoms with Crippen molar-refractivity contribution in [1.29, 1.82) is 10.5 Å². The molecule has 5 heteroatoms. The average Bonchev–Trinajstić information content (AvgIpc) is 3.82. The van der Waals surface area contributed by atoms with E-state index in [1.807, 2.05) is 53.8 Å². The van der Waals surface area contributed by atoms with Crippen molar-refractivity contribution in [3.63, 3.8) is 0 Å². The highest BCUT2D eigenvalue weighted by Gasteiger charge is 2.21. The molecule has 0 saturated heterocycles. The molecule has 0 aliphatic carbocycles. The van der Waals surface area contributed by atoms with Crippen LogP contribution in [0.25, 0.3) is 86.3 Å². The van der Waals surface area contributed by atoms with Crippen molar-refractivity contribution >= 4 is 75.1 Å². The zero-order chi connectivity index (χ0) is 32.6. The van der Waals surface area contributed by atoms with E-state index in [1.54, 1.807) is 0 Å². The number of thiophene rings is 1. The molecular weight excluding hydrogens is 617 g/mol. The summed E-state index contributed by atoms with van der Waals surface area (Å²) in [6, 6.07) is 55.2. The lowest BCUT2D eigenvalue weighted by Gasteiger charge is -2.16. The van der Waals surface area contributed by atoms with Gasteiger partial charge in [-0.05, 0) is 72.3 Å². The third kappa shape index (κ3) is 3.88. The second-order valence-corrected chi connectivity index (χ2v) is 13.4. The van der Waals surface area contributed by atoms with E-state index in [9.17, 15) is 10.5 Å². The zero-order valence-corrected chi connectivity index (χ0v) is 26.9. The molecule has 0 bridgehead atoms. The highest BCUT2D eigenvalue weighted by Crippen LogP contribution is 2.45. The van der Waals surface area contributed by atoms with Gasteiger partial charge in [0.25, 0.3) is 0 Å². The molecule has 0 unspecified atom stereocenters. The Kier molecular flexibility index (Phi) is 5.84. The Hall–Kier alpha value is -6.66. The highest BCUT2D eigenvalue weighted by molar-refractivity contribution is 7.26. The van der Waals surface area contributed by atoms with Crippen molar-refractivity contribution in [2.24, 2.45) is 0 Å². The summed E-state index contributed by atoms with van der Waals surface area (Å²) in [5, 5.41) is 27.1. The maximum absolute atomic E-state index is 10.5. The van der Waals surface area contributed by atoms with Crippen LogP contribution in [0, 0.1) is 22.7 Å². The predicted octanol–water partition coefficient (Wildman–Crippen LogP) is 11.7. The highest BCUT2D eigenvalue weighted by atomic mass is 32.1. The standard InChI is InChI=1S/C44H24N4S/c45-25-27-17-21-39-35(23-27)32-13-5-7-15-38(32)48(39)40-16-8-9-29(26-46)42(40)28-18-22-41-36(24-28)34-20-19-33-31-12-4-6-14-37(31)47(43(33)44(34)49-41)30-10-2-1-3-11-30/h1-24H. The van der Waals surface area contributed by atoms with Crippen LogP contribution in [0.15, 0.2) is 146 Å². The fraction of sp³-hybridized carbons (Fsp3) is 0. The SMILES string of the molecule is N#Cc1ccc2c(c1)c1ccccc1n2-c1cccc(C#N)c1-c1ccc2sc3c(ccc4c5ccccc5n(-c5ccccc5)c43)c2c1. The Morgan fingerprint density at radius 1 is 0.490 bits per heavy atom. The van der Waals surface area contributed by atoms with Crippen LogP contribution in [-0.4, -0.2) is 9.13 Å². The second-order valence-electron chi connectivity index (χ2n) is 12.3. The lowest BCUT2D eigenvalue weighted by molar-refractivity contribution is 1.18. The summed E-state index contributed by atoms with van der Waals surface area (Å²) in [4.78, 5) is 0. The summed E-state index contributed by atoms with van der Waals surface area (Å²) < 4.78 is 7.08. The van der Waals surface area contributed by atoms with E-state index < -0.39 is 0 Å². The van der Waals surface area contributed by atoms with Gasteiger partial charge in [-0.3, -0.25) is 0 Å². The number of nitriles is 2. The van der Waals surface area contributed by atoms with Gasteiger partial charge in [-0.25, -0.2) is 0 Å². The Bertz CT molecular complexity index is 3070.